The topological polar surface area (TPSA) is 35.0 Å². The molecule has 0 aromatic heterocycles. The van der Waals surface area contributed by atoms with Crippen LogP contribution in [0.1, 0.15) is 7.43 Å². The van der Waals surface area contributed by atoms with Crippen LogP contribution in [-0.4, -0.2) is 41.3 Å². The molecule has 0 heterocycles. The summed E-state index contributed by atoms with van der Waals surface area (Å²) in [5.74, 6) is 0. The minimum atomic E-state index is 0. The average Bonchev–Trinajstić information content (AvgIpc) is 0. The van der Waals surface area contributed by atoms with Crippen LogP contribution in [0.5, 0.6) is 0 Å². The van der Waals surface area contributed by atoms with Gasteiger partial charge < -0.3 is 6.15 Å². The third-order valence-electron chi connectivity index (χ3n) is 0. The molecule has 4 heavy (non-hydrogen) atoms. The van der Waals surface area contributed by atoms with Gasteiger partial charge in [-0.3, -0.25) is 0 Å². The molecule has 0 atom stereocenters. The van der Waals surface area contributed by atoms with Gasteiger partial charge in [-0.2, -0.15) is 0 Å². The molecule has 26 valence electrons. The second kappa shape index (κ2) is 27.9. The summed E-state index contributed by atoms with van der Waals surface area (Å²) in [5.41, 5.74) is 0. The van der Waals surface area contributed by atoms with Crippen LogP contribution in [0.4, 0.5) is 0 Å². The van der Waals surface area contributed by atoms with Gasteiger partial charge in [-0.1, -0.05) is 7.43 Å². The second-order valence-electron chi connectivity index (χ2n) is 0. The van der Waals surface area contributed by atoms with Crippen LogP contribution in [0.3, 0.4) is 0 Å². The Morgan fingerprint density at radius 1 is 1.00 bits per heavy atom. The van der Waals surface area contributed by atoms with Gasteiger partial charge in [0.05, 0.1) is 0 Å². The van der Waals surface area contributed by atoms with Crippen molar-refractivity contribution >= 4 is 41.3 Å². The molecule has 0 aliphatic heterocycles. The molecule has 0 saturated heterocycles. The van der Waals surface area contributed by atoms with Crippen LogP contribution >= 0.6 is 0 Å². The van der Waals surface area contributed by atoms with E-state index in [9.17, 15) is 0 Å². The van der Waals surface area contributed by atoms with E-state index in [4.69, 9.17) is 0 Å². The number of hydrogen-bond acceptors (Lipinski definition) is 1. The van der Waals surface area contributed by atoms with E-state index >= 15 is 0 Å². The molecule has 6 radical (unpaired) electrons. The Morgan fingerprint density at radius 3 is 1.00 bits per heavy atom. The van der Waals surface area contributed by atoms with Crippen molar-refractivity contribution in [3.8, 4) is 0 Å². The summed E-state index contributed by atoms with van der Waals surface area (Å²) in [6.45, 7) is 0. The van der Waals surface area contributed by atoms with Gasteiger partial charge in [-0.25, -0.2) is 0 Å². The zero-order chi connectivity index (χ0) is 0. The van der Waals surface area contributed by atoms with Gasteiger partial charge in [0.15, 0.2) is 0 Å². The van der Waals surface area contributed by atoms with Crippen molar-refractivity contribution in [3.63, 3.8) is 0 Å². The summed E-state index contributed by atoms with van der Waals surface area (Å²) in [5, 5.41) is 0. The predicted molar refractivity (Wildman–Crippen MR) is 23.3 cm³/mol. The predicted octanol–water partition coefficient (Wildman–Crippen LogP) is 0.0365. The Bertz CT molecular complexity index is 8.00. The van der Waals surface area contributed by atoms with E-state index in [1.54, 1.807) is 0 Å². The molecule has 0 spiro atoms. The minimum absolute atomic E-state index is 0. The first-order valence-corrected chi connectivity index (χ1v) is 0. The Kier molecular flexibility index (Phi) is 407. The van der Waals surface area contributed by atoms with E-state index < -0.39 is 0 Å². The van der Waals surface area contributed by atoms with Crippen LogP contribution in [-0.2, 0) is 0 Å². The van der Waals surface area contributed by atoms with Crippen molar-refractivity contribution in [2.45, 2.75) is 7.43 Å². The molecular formula is CH7GeNTe. The summed E-state index contributed by atoms with van der Waals surface area (Å²) in [7, 11) is 0. The van der Waals surface area contributed by atoms with Crippen molar-refractivity contribution in [3.05, 3.63) is 0 Å². The van der Waals surface area contributed by atoms with Gasteiger partial charge in [-0.15, -0.1) is 0 Å². The van der Waals surface area contributed by atoms with Gasteiger partial charge in [0.25, 0.3) is 0 Å². The molecule has 3 heteroatoms. The Balaban J connectivity index is 0. The van der Waals surface area contributed by atoms with Gasteiger partial charge in [0.1, 0.15) is 0 Å². The van der Waals surface area contributed by atoms with Gasteiger partial charge in [-0.05, 0) is 0 Å². The van der Waals surface area contributed by atoms with Crippen LogP contribution in [0.15, 0.2) is 0 Å². The molecule has 0 rings (SSSR count). The third kappa shape index (κ3) is 10.4. The number of hydrogen-bond donors (Lipinski definition) is 1. The zero-order valence-electron chi connectivity index (χ0n) is 1.62. The van der Waals surface area contributed by atoms with E-state index in [-0.39, 0.29) is 54.8 Å². The van der Waals surface area contributed by atoms with Crippen molar-refractivity contribution in [1.29, 1.82) is 0 Å². The fourth-order valence-electron chi connectivity index (χ4n) is 0. The summed E-state index contributed by atoms with van der Waals surface area (Å²) in [6.07, 6.45) is 0. The van der Waals surface area contributed by atoms with E-state index in [0.717, 1.165) is 0 Å². The quantitative estimate of drug-likeness (QED) is 0.589. The maximum absolute atomic E-state index is 0. The van der Waals surface area contributed by atoms with Crippen LogP contribution < -0.4 is 6.15 Å². The normalized spacial score (nSPS) is 0. The van der Waals surface area contributed by atoms with E-state index in [1.165, 1.54) is 0 Å². The Morgan fingerprint density at radius 2 is 1.00 bits per heavy atom. The molecule has 0 aliphatic rings. The largest absolute Gasteiger partial charge is 0.344 e. The first kappa shape index (κ1) is 58.4. The number of rotatable bonds is 0. The zero-order valence-corrected chi connectivity index (χ0v) is 6.04. The molecule has 0 saturated carbocycles. The summed E-state index contributed by atoms with van der Waals surface area (Å²) in [6, 6.07) is 0. The first-order valence-electron chi connectivity index (χ1n) is 0. The molecular weight excluding hydrogens is 226 g/mol. The Hall–Kier alpha value is 1.29. The maximum atomic E-state index is 0. The fourth-order valence-corrected chi connectivity index (χ4v) is 0. The van der Waals surface area contributed by atoms with Crippen molar-refractivity contribution < 1.29 is 0 Å². The van der Waals surface area contributed by atoms with Crippen molar-refractivity contribution in [2.75, 3.05) is 0 Å². The molecule has 0 fully saturated rings. The molecule has 0 aromatic rings. The summed E-state index contributed by atoms with van der Waals surface area (Å²) in [4.78, 5) is 0. The molecule has 0 bridgehead atoms. The molecule has 0 aliphatic carbocycles. The third-order valence-corrected chi connectivity index (χ3v) is 0. The van der Waals surface area contributed by atoms with Crippen LogP contribution in [0, 0.1) is 0 Å². The van der Waals surface area contributed by atoms with E-state index in [0.29, 0.717) is 0 Å². The van der Waals surface area contributed by atoms with Gasteiger partial charge in [0.2, 0.25) is 0 Å². The molecule has 3 N–H and O–H groups in total. The fraction of sp³-hybridized carbons (Fsp3) is 1.00. The van der Waals surface area contributed by atoms with E-state index in [1.807, 2.05) is 0 Å². The summed E-state index contributed by atoms with van der Waals surface area (Å²) >= 11 is 0. The molecule has 0 amide bonds. The van der Waals surface area contributed by atoms with E-state index in [2.05, 4.69) is 0 Å². The smallest absolute Gasteiger partial charge is 0 e. The average molecular weight is 233 g/mol. The SMILES string of the molecule is C.N.[Ge].[Te]. The molecule has 0 unspecified atom stereocenters. The summed E-state index contributed by atoms with van der Waals surface area (Å²) < 4.78 is 0. The van der Waals surface area contributed by atoms with Gasteiger partial charge in [0, 0.05) is 41.3 Å². The van der Waals surface area contributed by atoms with Crippen molar-refractivity contribution in [1.82, 2.24) is 6.15 Å². The second-order valence-corrected chi connectivity index (χ2v) is 0. The standard InChI is InChI=1S/CH4.Ge.H3N.Te/h1H4;;1H3;. The molecule has 1 nitrogen and oxygen atoms in total. The minimum Gasteiger partial charge on any atom is -0.344 e. The van der Waals surface area contributed by atoms with Crippen LogP contribution in [0.2, 0.25) is 0 Å². The first-order chi connectivity index (χ1) is 0. The Labute approximate surface area is 54.8 Å². The van der Waals surface area contributed by atoms with Gasteiger partial charge >= 0.3 is 0 Å². The molecule has 0 aromatic carbocycles. The van der Waals surface area contributed by atoms with Crippen LogP contribution in [0.25, 0.3) is 0 Å². The van der Waals surface area contributed by atoms with Crippen molar-refractivity contribution in [2.24, 2.45) is 0 Å². The monoisotopic (exact) mass is 237 g/mol. The maximum Gasteiger partial charge on any atom is 0 e.